The molecular weight excluding hydrogens is 571 g/mol. The van der Waals surface area contributed by atoms with Crippen LogP contribution in [0.3, 0.4) is 0 Å². The Morgan fingerprint density at radius 3 is 2.37 bits per heavy atom. The zero-order valence-electron chi connectivity index (χ0n) is 17.7. The van der Waals surface area contributed by atoms with E-state index >= 15 is 0 Å². The third-order valence-corrected chi connectivity index (χ3v) is 5.79. The number of carbonyl (C=O) groups excluding carboxylic acids is 1. The number of aliphatic hydroxyl groups is 1. The quantitative estimate of drug-likeness (QED) is 0.156. The van der Waals surface area contributed by atoms with Gasteiger partial charge in [-0.25, -0.2) is 0 Å². The number of aryl methyl sites for hydroxylation is 3. The molecule has 0 spiro atoms. The number of aliphatic hydroxyl groups excluding tert-OH is 1. The molecule has 2 aromatic carbocycles. The fourth-order valence-electron chi connectivity index (χ4n) is 3.37. The number of benzene rings is 2. The maximum Gasteiger partial charge on any atom is 0.155 e. The molecule has 0 saturated carbocycles. The Balaban J connectivity index is 0.000000350. The van der Waals surface area contributed by atoms with Crippen LogP contribution in [0.5, 0.6) is 0 Å². The van der Waals surface area contributed by atoms with E-state index in [1.807, 2.05) is 17.5 Å². The second-order valence-electron chi connectivity index (χ2n) is 7.24. The first kappa shape index (κ1) is 23.9. The summed E-state index contributed by atoms with van der Waals surface area (Å²) in [7, 11) is 0. The predicted molar refractivity (Wildman–Crippen MR) is 123 cm³/mol. The van der Waals surface area contributed by atoms with E-state index in [2.05, 4.69) is 68.2 Å². The molecule has 2 heterocycles. The third-order valence-electron chi connectivity index (χ3n) is 4.43. The van der Waals surface area contributed by atoms with Crippen LogP contribution in [0.4, 0.5) is 0 Å². The van der Waals surface area contributed by atoms with Gasteiger partial charge in [0.05, 0.1) is 5.76 Å². The standard InChI is InChI=1S/C20H16NS.C5H8O2.Ir/c1-12-9-13(2)11-15(10-12)18-20-17(7-8-21-18)16-6-4-5-14(3)19(16)22-20;1-4(6)3-5(2)7;/h4-10H,1-3H3;3,6H,1-2H3;/q-1;;/b;4-3-;. The molecule has 2 aromatic heterocycles. The first-order chi connectivity index (χ1) is 13.8. The monoisotopic (exact) mass is 595 g/mol. The van der Waals surface area contributed by atoms with E-state index in [9.17, 15) is 4.79 Å². The maximum atomic E-state index is 10.0. The van der Waals surface area contributed by atoms with Gasteiger partial charge in [0.2, 0.25) is 0 Å². The fourth-order valence-corrected chi connectivity index (χ4v) is 4.64. The molecule has 0 amide bonds. The van der Waals surface area contributed by atoms with E-state index in [1.165, 1.54) is 51.2 Å². The first-order valence-corrected chi connectivity index (χ1v) is 10.2. The van der Waals surface area contributed by atoms with Gasteiger partial charge in [-0.1, -0.05) is 32.0 Å². The topological polar surface area (TPSA) is 50.2 Å². The molecule has 0 fully saturated rings. The fraction of sp³-hybridized carbons (Fsp3) is 0.200. The predicted octanol–water partition coefficient (Wildman–Crippen LogP) is 6.88. The van der Waals surface area contributed by atoms with Crippen molar-refractivity contribution in [2.45, 2.75) is 34.6 Å². The van der Waals surface area contributed by atoms with Crippen molar-refractivity contribution in [1.82, 2.24) is 4.98 Å². The number of hydrogen-bond acceptors (Lipinski definition) is 4. The number of aromatic nitrogens is 1. The van der Waals surface area contributed by atoms with Crippen LogP contribution in [0.1, 0.15) is 30.5 Å². The summed E-state index contributed by atoms with van der Waals surface area (Å²) in [4.78, 5) is 14.7. The number of carbonyl (C=O) groups is 1. The number of fused-ring (bicyclic) bond motifs is 3. The van der Waals surface area contributed by atoms with Crippen LogP contribution >= 0.6 is 11.3 Å². The Kier molecular flexibility index (Phi) is 8.08. The van der Waals surface area contributed by atoms with E-state index in [4.69, 9.17) is 5.11 Å². The summed E-state index contributed by atoms with van der Waals surface area (Å²) in [5.41, 5.74) is 5.87. The van der Waals surface area contributed by atoms with Crippen molar-refractivity contribution < 1.29 is 30.0 Å². The first-order valence-electron chi connectivity index (χ1n) is 9.42. The van der Waals surface area contributed by atoms with Crippen LogP contribution in [0.15, 0.2) is 54.4 Å². The maximum absolute atomic E-state index is 10.0. The minimum absolute atomic E-state index is 0. The van der Waals surface area contributed by atoms with Crippen LogP contribution in [0.2, 0.25) is 0 Å². The Morgan fingerprint density at radius 2 is 1.77 bits per heavy atom. The number of pyridine rings is 1. The normalized spacial score (nSPS) is 11.0. The van der Waals surface area contributed by atoms with Crippen LogP contribution in [-0.2, 0) is 24.9 Å². The van der Waals surface area contributed by atoms with Gasteiger partial charge >= 0.3 is 0 Å². The number of hydrogen-bond donors (Lipinski definition) is 1. The zero-order valence-corrected chi connectivity index (χ0v) is 20.9. The molecule has 30 heavy (non-hydrogen) atoms. The molecule has 0 aliphatic carbocycles. The number of thiophene rings is 1. The second-order valence-corrected chi connectivity index (χ2v) is 8.26. The zero-order chi connectivity index (χ0) is 21.1. The molecule has 3 nitrogen and oxygen atoms in total. The molecule has 0 aliphatic rings. The number of nitrogens with zero attached hydrogens (tertiary/aromatic N) is 1. The van der Waals surface area contributed by atoms with Gasteiger partial charge in [0, 0.05) is 47.5 Å². The minimum atomic E-state index is -0.125. The molecule has 0 aliphatic heterocycles. The van der Waals surface area contributed by atoms with Crippen LogP contribution in [0, 0.1) is 26.8 Å². The summed E-state index contributed by atoms with van der Waals surface area (Å²) < 4.78 is 2.61. The van der Waals surface area contributed by atoms with E-state index in [-0.39, 0.29) is 31.6 Å². The molecule has 1 radical (unpaired) electrons. The average molecular weight is 595 g/mol. The van der Waals surface area contributed by atoms with Crippen molar-refractivity contribution in [3.05, 3.63) is 77.2 Å². The molecule has 5 heteroatoms. The van der Waals surface area contributed by atoms with Gasteiger partial charge in [-0.2, -0.15) is 0 Å². The summed E-state index contributed by atoms with van der Waals surface area (Å²) in [5, 5.41) is 11.0. The van der Waals surface area contributed by atoms with Crippen molar-refractivity contribution in [2.75, 3.05) is 0 Å². The molecule has 0 bridgehead atoms. The SMILES string of the molecule is CC(=O)/C=C(/C)O.Cc1[c-]c(-c2nccc3c2sc2c(C)cccc23)cc(C)c1.[Ir]. The van der Waals surface area contributed by atoms with Gasteiger partial charge in [-0.3, -0.25) is 4.79 Å². The van der Waals surface area contributed by atoms with Crippen molar-refractivity contribution in [2.24, 2.45) is 0 Å². The summed E-state index contributed by atoms with van der Waals surface area (Å²) in [6, 6.07) is 16.4. The largest absolute Gasteiger partial charge is 0.512 e. The van der Waals surface area contributed by atoms with Crippen molar-refractivity contribution in [3.63, 3.8) is 0 Å². The minimum Gasteiger partial charge on any atom is -0.512 e. The van der Waals surface area contributed by atoms with E-state index < -0.39 is 0 Å². The summed E-state index contributed by atoms with van der Waals surface area (Å²) in [6.07, 6.45) is 3.08. The van der Waals surface area contributed by atoms with E-state index in [1.54, 1.807) is 0 Å². The van der Waals surface area contributed by atoms with Crippen LogP contribution in [-0.4, -0.2) is 15.9 Å². The van der Waals surface area contributed by atoms with Crippen LogP contribution < -0.4 is 0 Å². The summed E-state index contributed by atoms with van der Waals surface area (Å²) in [6.45, 7) is 9.24. The number of allylic oxidation sites excluding steroid dienone is 2. The number of ketones is 1. The smallest absolute Gasteiger partial charge is 0.155 e. The van der Waals surface area contributed by atoms with Crippen molar-refractivity contribution >= 4 is 37.3 Å². The van der Waals surface area contributed by atoms with Gasteiger partial charge in [0.15, 0.2) is 5.78 Å². The van der Waals surface area contributed by atoms with Gasteiger partial charge in [-0.05, 0) is 43.2 Å². The Hall–Kier alpha value is -2.33. The average Bonchev–Trinajstić information content (AvgIpc) is 3.00. The summed E-state index contributed by atoms with van der Waals surface area (Å²) in [5.74, 6) is -0.0625. The van der Waals surface area contributed by atoms with Gasteiger partial charge in [0.1, 0.15) is 0 Å². The second kappa shape index (κ2) is 10.1. The van der Waals surface area contributed by atoms with Crippen molar-refractivity contribution in [1.29, 1.82) is 0 Å². The Bertz CT molecular complexity index is 1220. The number of rotatable bonds is 2. The Morgan fingerprint density at radius 1 is 1.07 bits per heavy atom. The molecule has 157 valence electrons. The van der Waals surface area contributed by atoms with E-state index in [0.29, 0.717) is 0 Å². The Labute approximate surface area is 194 Å². The van der Waals surface area contributed by atoms with Gasteiger partial charge in [0.25, 0.3) is 0 Å². The van der Waals surface area contributed by atoms with Crippen molar-refractivity contribution in [3.8, 4) is 11.3 Å². The molecule has 4 rings (SSSR count). The van der Waals surface area contributed by atoms with E-state index in [0.717, 1.165) is 16.8 Å². The molecule has 4 aromatic rings. The molecule has 0 saturated heterocycles. The third kappa shape index (κ3) is 5.42. The van der Waals surface area contributed by atoms with Crippen LogP contribution in [0.25, 0.3) is 31.4 Å². The molecule has 0 unspecified atom stereocenters. The summed E-state index contributed by atoms with van der Waals surface area (Å²) >= 11 is 1.84. The molecule has 0 atom stereocenters. The molecule has 1 N–H and O–H groups in total. The molecular formula is C25H24IrNO2S-. The van der Waals surface area contributed by atoms with Gasteiger partial charge < -0.3 is 10.1 Å². The van der Waals surface area contributed by atoms with Gasteiger partial charge in [-0.15, -0.1) is 46.2 Å².